The molecule has 0 unspecified atom stereocenters. The van der Waals surface area contributed by atoms with Crippen molar-refractivity contribution in [2.45, 2.75) is 26.7 Å². The smallest absolute Gasteiger partial charge is 0.338 e. The Balaban J connectivity index is 1.78. The van der Waals surface area contributed by atoms with Gasteiger partial charge in [0.25, 0.3) is 0 Å². The van der Waals surface area contributed by atoms with Gasteiger partial charge in [-0.25, -0.2) is 9.59 Å². The van der Waals surface area contributed by atoms with Crippen LogP contribution in [0.2, 0.25) is 0 Å². The first-order chi connectivity index (χ1) is 14.4. The first-order valence-electron chi connectivity index (χ1n) is 9.57. The van der Waals surface area contributed by atoms with E-state index in [0.717, 1.165) is 0 Å². The van der Waals surface area contributed by atoms with Crippen LogP contribution in [0.5, 0.6) is 0 Å². The normalized spacial score (nSPS) is 10.1. The summed E-state index contributed by atoms with van der Waals surface area (Å²) in [5.74, 6) is -1.51. The van der Waals surface area contributed by atoms with E-state index in [4.69, 9.17) is 9.47 Å². The zero-order valence-electron chi connectivity index (χ0n) is 16.9. The summed E-state index contributed by atoms with van der Waals surface area (Å²) in [5.41, 5.74) is 1.82. The monoisotopic (exact) mass is 412 g/mol. The Bertz CT molecular complexity index is 815. The summed E-state index contributed by atoms with van der Waals surface area (Å²) in [4.78, 5) is 47.3. The van der Waals surface area contributed by atoms with E-state index in [2.05, 4.69) is 10.6 Å². The molecule has 158 valence electrons. The van der Waals surface area contributed by atoms with Crippen LogP contribution in [0.3, 0.4) is 0 Å². The average Bonchev–Trinajstić information content (AvgIpc) is 2.73. The number of esters is 2. The van der Waals surface area contributed by atoms with Gasteiger partial charge < -0.3 is 20.1 Å². The fraction of sp³-hybridized carbons (Fsp3) is 0.273. The lowest BCUT2D eigenvalue weighted by molar-refractivity contribution is -0.121. The first kappa shape index (κ1) is 22.6. The second kappa shape index (κ2) is 11.4. The largest absolute Gasteiger partial charge is 0.462 e. The maximum Gasteiger partial charge on any atom is 0.338 e. The van der Waals surface area contributed by atoms with Crippen molar-refractivity contribution in [3.05, 3.63) is 59.7 Å². The van der Waals surface area contributed by atoms with Crippen LogP contribution in [0.4, 0.5) is 11.4 Å². The molecule has 0 spiro atoms. The number of carbonyl (C=O) groups is 4. The third-order valence-electron chi connectivity index (χ3n) is 3.94. The molecule has 8 nitrogen and oxygen atoms in total. The van der Waals surface area contributed by atoms with E-state index in [1.165, 1.54) is 0 Å². The zero-order chi connectivity index (χ0) is 21.9. The Morgan fingerprint density at radius 2 is 0.967 bits per heavy atom. The van der Waals surface area contributed by atoms with Crippen molar-refractivity contribution < 1.29 is 28.7 Å². The van der Waals surface area contributed by atoms with Gasteiger partial charge in [-0.3, -0.25) is 9.59 Å². The van der Waals surface area contributed by atoms with E-state index < -0.39 is 11.9 Å². The number of hydrogen-bond donors (Lipinski definition) is 2. The molecule has 0 heterocycles. The third kappa shape index (κ3) is 7.05. The number of anilines is 2. The van der Waals surface area contributed by atoms with Gasteiger partial charge in [-0.05, 0) is 62.4 Å². The second-order valence-electron chi connectivity index (χ2n) is 6.19. The molecule has 2 amide bonds. The first-order valence-corrected chi connectivity index (χ1v) is 9.57. The second-order valence-corrected chi connectivity index (χ2v) is 6.19. The average molecular weight is 412 g/mol. The van der Waals surface area contributed by atoms with Gasteiger partial charge in [-0.15, -0.1) is 0 Å². The Kier molecular flexibility index (Phi) is 8.56. The molecule has 8 heteroatoms. The Morgan fingerprint density at radius 3 is 1.27 bits per heavy atom. The molecule has 0 fully saturated rings. The molecule has 0 aromatic heterocycles. The molecular formula is C22H24N2O6. The van der Waals surface area contributed by atoms with Gasteiger partial charge in [0.05, 0.1) is 24.3 Å². The van der Waals surface area contributed by atoms with Gasteiger partial charge in [-0.2, -0.15) is 0 Å². The van der Waals surface area contributed by atoms with Crippen molar-refractivity contribution in [1.82, 2.24) is 0 Å². The summed E-state index contributed by atoms with van der Waals surface area (Å²) in [7, 11) is 0. The molecule has 0 atom stereocenters. The van der Waals surface area contributed by atoms with Crippen molar-refractivity contribution >= 4 is 35.1 Å². The maximum atomic E-state index is 12.0. The van der Waals surface area contributed by atoms with E-state index in [-0.39, 0.29) is 37.9 Å². The van der Waals surface area contributed by atoms with Crippen LogP contribution in [0.15, 0.2) is 48.5 Å². The van der Waals surface area contributed by atoms with Crippen LogP contribution in [-0.2, 0) is 19.1 Å². The van der Waals surface area contributed by atoms with Gasteiger partial charge in [0.1, 0.15) is 0 Å². The minimum atomic E-state index is -0.428. The highest BCUT2D eigenvalue weighted by molar-refractivity contribution is 5.97. The summed E-state index contributed by atoms with van der Waals surface area (Å²) in [6.07, 6.45) is -0.0151. The number of hydrogen-bond acceptors (Lipinski definition) is 6. The topological polar surface area (TPSA) is 111 Å². The fourth-order valence-electron chi connectivity index (χ4n) is 2.48. The molecule has 2 N–H and O–H groups in total. The van der Waals surface area contributed by atoms with Crippen molar-refractivity contribution in [1.29, 1.82) is 0 Å². The molecule has 0 saturated carbocycles. The van der Waals surface area contributed by atoms with E-state index in [0.29, 0.717) is 22.5 Å². The number of rotatable bonds is 9. The van der Waals surface area contributed by atoms with Crippen LogP contribution in [0.1, 0.15) is 47.4 Å². The van der Waals surface area contributed by atoms with Crippen molar-refractivity contribution in [3.63, 3.8) is 0 Å². The van der Waals surface area contributed by atoms with Crippen LogP contribution < -0.4 is 10.6 Å². The highest BCUT2D eigenvalue weighted by Crippen LogP contribution is 2.13. The van der Waals surface area contributed by atoms with E-state index >= 15 is 0 Å². The molecule has 2 aromatic carbocycles. The fourth-order valence-corrected chi connectivity index (χ4v) is 2.48. The van der Waals surface area contributed by atoms with Crippen molar-refractivity contribution in [3.8, 4) is 0 Å². The van der Waals surface area contributed by atoms with Crippen LogP contribution >= 0.6 is 0 Å². The Morgan fingerprint density at radius 1 is 0.633 bits per heavy atom. The van der Waals surface area contributed by atoms with Crippen molar-refractivity contribution in [2.75, 3.05) is 23.8 Å². The number of ether oxygens (including phenoxy) is 2. The van der Waals surface area contributed by atoms with Gasteiger partial charge >= 0.3 is 11.9 Å². The molecule has 0 bridgehead atoms. The Labute approximate surface area is 174 Å². The Hall–Kier alpha value is -3.68. The predicted octanol–water partition coefficient (Wildman–Crippen LogP) is 3.40. The van der Waals surface area contributed by atoms with Gasteiger partial charge in [0.2, 0.25) is 11.8 Å². The highest BCUT2D eigenvalue weighted by Gasteiger charge is 2.10. The number of amides is 2. The molecular weight excluding hydrogens is 388 g/mol. The lowest BCUT2D eigenvalue weighted by atomic mass is 10.2. The van der Waals surface area contributed by atoms with Gasteiger partial charge in [0, 0.05) is 24.2 Å². The van der Waals surface area contributed by atoms with E-state index in [1.807, 2.05) is 0 Å². The molecule has 2 aromatic rings. The summed E-state index contributed by atoms with van der Waals surface area (Å²) in [5, 5.41) is 5.34. The quantitative estimate of drug-likeness (QED) is 0.611. The van der Waals surface area contributed by atoms with Crippen LogP contribution in [0, 0.1) is 0 Å². The number of carbonyl (C=O) groups excluding carboxylic acids is 4. The summed E-state index contributed by atoms with van der Waals surface area (Å²) in [6.45, 7) is 4.02. The lowest BCUT2D eigenvalue weighted by Gasteiger charge is -2.08. The lowest BCUT2D eigenvalue weighted by Crippen LogP contribution is -2.17. The molecule has 0 aliphatic carbocycles. The maximum absolute atomic E-state index is 12.0. The molecule has 0 radical (unpaired) electrons. The summed E-state index contributed by atoms with van der Waals surface area (Å²) in [6, 6.07) is 12.6. The molecule has 0 saturated heterocycles. The highest BCUT2D eigenvalue weighted by atomic mass is 16.5. The van der Waals surface area contributed by atoms with Crippen LogP contribution in [0.25, 0.3) is 0 Å². The minimum absolute atomic E-state index is 0.00757. The number of benzene rings is 2. The van der Waals surface area contributed by atoms with E-state index in [9.17, 15) is 19.2 Å². The standard InChI is InChI=1S/C22H24N2O6/c1-3-29-21(27)15-5-9-17(10-6-15)23-19(25)13-14-20(26)24-18-11-7-16(8-12-18)22(28)30-4-2/h5-12H,3-4,13-14H2,1-2H3,(H,23,25)(H,24,26). The predicted molar refractivity (Wildman–Crippen MR) is 111 cm³/mol. The van der Waals surface area contributed by atoms with Gasteiger partial charge in [0.15, 0.2) is 0 Å². The van der Waals surface area contributed by atoms with Crippen LogP contribution in [-0.4, -0.2) is 37.0 Å². The van der Waals surface area contributed by atoms with Crippen molar-refractivity contribution in [2.24, 2.45) is 0 Å². The SMILES string of the molecule is CCOC(=O)c1ccc(NC(=O)CCC(=O)Nc2ccc(C(=O)OCC)cc2)cc1. The minimum Gasteiger partial charge on any atom is -0.462 e. The summed E-state index contributed by atoms with van der Waals surface area (Å²) < 4.78 is 9.80. The summed E-state index contributed by atoms with van der Waals surface area (Å²) >= 11 is 0. The molecule has 0 aliphatic rings. The zero-order valence-corrected chi connectivity index (χ0v) is 16.9. The van der Waals surface area contributed by atoms with Gasteiger partial charge in [-0.1, -0.05) is 0 Å². The number of nitrogens with one attached hydrogen (secondary N) is 2. The third-order valence-corrected chi connectivity index (χ3v) is 3.94. The molecule has 0 aliphatic heterocycles. The molecule has 30 heavy (non-hydrogen) atoms. The molecule has 2 rings (SSSR count). The van der Waals surface area contributed by atoms with E-state index in [1.54, 1.807) is 62.4 Å².